The fourth-order valence-corrected chi connectivity index (χ4v) is 2.91. The predicted octanol–water partition coefficient (Wildman–Crippen LogP) is 7.43. The van der Waals surface area contributed by atoms with Gasteiger partial charge in [-0.2, -0.15) is 0 Å². The summed E-state index contributed by atoms with van der Waals surface area (Å²) < 4.78 is 0. The maximum Gasteiger partial charge on any atom is 0.0419 e. The lowest BCUT2D eigenvalue weighted by atomic mass is 9.95. The fourth-order valence-electron chi connectivity index (χ4n) is 2.91. The normalized spacial score (nSPS) is 13.1. The van der Waals surface area contributed by atoms with E-state index in [-0.39, 0.29) is 0 Å². The van der Waals surface area contributed by atoms with Crippen LogP contribution in [0.25, 0.3) is 0 Å². The van der Waals surface area contributed by atoms with Gasteiger partial charge >= 0.3 is 0 Å². The second-order valence-electron chi connectivity index (χ2n) is 7.06. The predicted molar refractivity (Wildman–Crippen MR) is 121 cm³/mol. The molecule has 0 aliphatic heterocycles. The van der Waals surface area contributed by atoms with Crippen molar-refractivity contribution in [3.8, 4) is 0 Å². The van der Waals surface area contributed by atoms with Crippen LogP contribution < -0.4 is 10.6 Å². The lowest BCUT2D eigenvalue weighted by Crippen LogP contribution is -2.09. The van der Waals surface area contributed by atoms with Gasteiger partial charge in [-0.3, -0.25) is 0 Å². The minimum Gasteiger partial charge on any atom is -0.383 e. The van der Waals surface area contributed by atoms with Crippen molar-refractivity contribution in [2.45, 2.75) is 46.1 Å². The Labute approximate surface area is 164 Å². The van der Waals surface area contributed by atoms with Crippen molar-refractivity contribution in [1.82, 2.24) is 0 Å². The van der Waals surface area contributed by atoms with Crippen molar-refractivity contribution in [2.75, 3.05) is 10.6 Å². The Morgan fingerprint density at radius 1 is 0.815 bits per heavy atom. The maximum absolute atomic E-state index is 3.58. The Bertz CT molecular complexity index is 767. The van der Waals surface area contributed by atoms with Gasteiger partial charge in [-0.1, -0.05) is 61.6 Å². The van der Waals surface area contributed by atoms with E-state index in [0.717, 1.165) is 17.8 Å². The van der Waals surface area contributed by atoms with Crippen LogP contribution in [0.15, 0.2) is 85.0 Å². The van der Waals surface area contributed by atoms with Crippen molar-refractivity contribution in [3.63, 3.8) is 0 Å². The van der Waals surface area contributed by atoms with Crippen LogP contribution in [-0.2, 0) is 0 Å². The van der Waals surface area contributed by atoms with E-state index in [2.05, 4.69) is 104 Å². The molecule has 0 spiro atoms. The lowest BCUT2D eigenvalue weighted by molar-refractivity contribution is 0.783. The van der Waals surface area contributed by atoms with Crippen molar-refractivity contribution >= 4 is 17.1 Å². The minimum atomic E-state index is 0.436. The highest BCUT2D eigenvalue weighted by Gasteiger charge is 2.09. The first-order valence-electron chi connectivity index (χ1n) is 9.77. The van der Waals surface area contributed by atoms with Gasteiger partial charge in [0.15, 0.2) is 0 Å². The molecule has 2 aromatic carbocycles. The monoisotopic (exact) mass is 360 g/mol. The molecular weight excluding hydrogens is 328 g/mol. The molecule has 27 heavy (non-hydrogen) atoms. The van der Waals surface area contributed by atoms with Gasteiger partial charge in [-0.25, -0.2) is 0 Å². The van der Waals surface area contributed by atoms with Crippen molar-refractivity contribution < 1.29 is 0 Å². The van der Waals surface area contributed by atoms with Gasteiger partial charge in [0.25, 0.3) is 0 Å². The molecule has 0 saturated carbocycles. The molecule has 0 aliphatic carbocycles. The molecule has 142 valence electrons. The van der Waals surface area contributed by atoms with Crippen LogP contribution in [0.3, 0.4) is 0 Å². The molecule has 0 amide bonds. The van der Waals surface area contributed by atoms with Crippen LogP contribution in [-0.4, -0.2) is 6.04 Å². The van der Waals surface area contributed by atoms with Crippen LogP contribution in [0.1, 0.15) is 45.6 Å². The smallest absolute Gasteiger partial charge is 0.0419 e. The molecular formula is C25H32N2. The topological polar surface area (TPSA) is 24.1 Å². The number of hydrogen-bond donors (Lipinski definition) is 2. The maximum atomic E-state index is 3.58. The molecule has 0 radical (unpaired) electrons. The van der Waals surface area contributed by atoms with E-state index < -0.39 is 0 Å². The first kappa shape index (κ1) is 20.6. The fraction of sp³-hybridized carbons (Fsp3) is 0.280. The average molecular weight is 361 g/mol. The highest BCUT2D eigenvalue weighted by molar-refractivity contribution is 5.65. The number of benzene rings is 2. The Morgan fingerprint density at radius 2 is 1.48 bits per heavy atom. The minimum absolute atomic E-state index is 0.436. The molecule has 2 aromatic rings. The molecule has 0 heterocycles. The van der Waals surface area contributed by atoms with E-state index in [1.807, 2.05) is 19.1 Å². The second-order valence-corrected chi connectivity index (χ2v) is 7.06. The van der Waals surface area contributed by atoms with Gasteiger partial charge in [0.2, 0.25) is 0 Å². The van der Waals surface area contributed by atoms with Gasteiger partial charge in [-0.15, -0.1) is 0 Å². The molecule has 0 saturated heterocycles. The van der Waals surface area contributed by atoms with E-state index >= 15 is 0 Å². The number of rotatable bonds is 9. The lowest BCUT2D eigenvalue weighted by Gasteiger charge is -2.17. The Kier molecular flexibility index (Phi) is 8.44. The summed E-state index contributed by atoms with van der Waals surface area (Å²) in [6, 6.07) is 17.5. The van der Waals surface area contributed by atoms with Crippen LogP contribution in [0, 0.1) is 0 Å². The SMILES string of the molecule is C/C=C/C=C/C=C\CC(C)c1ccccc1Nc1ccc(NC(C)C)cc1. The summed E-state index contributed by atoms with van der Waals surface area (Å²) in [6.07, 6.45) is 13.5. The standard InChI is InChI=1S/C25H32N2/c1-5-6-7-8-9-10-13-21(4)24-14-11-12-15-25(24)27-23-18-16-22(17-19-23)26-20(2)3/h5-12,14-21,26-27H,13H2,1-4H3/b6-5+,8-7+,10-9-. The molecule has 1 atom stereocenters. The van der Waals surface area contributed by atoms with Crippen LogP contribution in [0.4, 0.5) is 17.1 Å². The molecule has 0 fully saturated rings. The summed E-state index contributed by atoms with van der Waals surface area (Å²) in [6.45, 7) is 8.59. The third kappa shape index (κ3) is 7.18. The first-order chi connectivity index (χ1) is 13.1. The zero-order valence-corrected chi connectivity index (χ0v) is 16.9. The van der Waals surface area contributed by atoms with Crippen molar-refractivity contribution in [3.05, 3.63) is 90.6 Å². The number of allylic oxidation sites excluding steroid dienone is 6. The van der Waals surface area contributed by atoms with Crippen LogP contribution >= 0.6 is 0 Å². The summed E-state index contributed by atoms with van der Waals surface area (Å²) in [7, 11) is 0. The third-order valence-electron chi connectivity index (χ3n) is 4.26. The number of hydrogen-bond acceptors (Lipinski definition) is 2. The quantitative estimate of drug-likeness (QED) is 0.454. The number of anilines is 3. The highest BCUT2D eigenvalue weighted by atomic mass is 14.9. The largest absolute Gasteiger partial charge is 0.383 e. The van der Waals surface area contributed by atoms with Gasteiger partial charge in [0.05, 0.1) is 0 Å². The molecule has 1 unspecified atom stereocenters. The Balaban J connectivity index is 2.04. The molecule has 2 nitrogen and oxygen atoms in total. The van der Waals surface area contributed by atoms with E-state index in [1.165, 1.54) is 11.3 Å². The second kappa shape index (κ2) is 11.1. The molecule has 2 N–H and O–H groups in total. The number of nitrogens with one attached hydrogen (secondary N) is 2. The van der Waals surface area contributed by atoms with E-state index in [9.17, 15) is 0 Å². The van der Waals surface area contributed by atoms with Gasteiger partial charge in [-0.05, 0) is 69.0 Å². The summed E-state index contributed by atoms with van der Waals surface area (Å²) in [5.41, 5.74) is 4.76. The van der Waals surface area contributed by atoms with Gasteiger partial charge in [0.1, 0.15) is 0 Å². The molecule has 0 aliphatic rings. The first-order valence-corrected chi connectivity index (χ1v) is 9.77. The van der Waals surface area contributed by atoms with Gasteiger partial charge < -0.3 is 10.6 Å². The highest BCUT2D eigenvalue weighted by Crippen LogP contribution is 2.30. The van der Waals surface area contributed by atoms with E-state index in [4.69, 9.17) is 0 Å². The summed E-state index contributed by atoms with van der Waals surface area (Å²) in [5.74, 6) is 0.446. The Hall–Kier alpha value is -2.74. The van der Waals surface area contributed by atoms with Crippen LogP contribution in [0.2, 0.25) is 0 Å². The molecule has 2 heteroatoms. The van der Waals surface area contributed by atoms with E-state index in [0.29, 0.717) is 12.0 Å². The third-order valence-corrected chi connectivity index (χ3v) is 4.26. The summed E-state index contributed by atoms with van der Waals surface area (Å²) >= 11 is 0. The van der Waals surface area contributed by atoms with Gasteiger partial charge in [0, 0.05) is 23.1 Å². The summed E-state index contributed by atoms with van der Waals surface area (Å²) in [4.78, 5) is 0. The zero-order chi connectivity index (χ0) is 19.5. The zero-order valence-electron chi connectivity index (χ0n) is 16.9. The summed E-state index contributed by atoms with van der Waals surface area (Å²) in [5, 5.41) is 7.00. The Morgan fingerprint density at radius 3 is 2.19 bits per heavy atom. The molecule has 2 rings (SSSR count). The molecule has 0 bridgehead atoms. The molecule has 0 aromatic heterocycles. The van der Waals surface area contributed by atoms with E-state index in [1.54, 1.807) is 0 Å². The van der Waals surface area contributed by atoms with Crippen molar-refractivity contribution in [2.24, 2.45) is 0 Å². The number of para-hydroxylation sites is 1. The van der Waals surface area contributed by atoms with Crippen LogP contribution in [0.5, 0.6) is 0 Å². The van der Waals surface area contributed by atoms with Crippen molar-refractivity contribution in [1.29, 1.82) is 0 Å². The average Bonchev–Trinajstić information content (AvgIpc) is 2.66.